The molecular formula is C19H21Cl2N3O2. The van der Waals surface area contributed by atoms with Crippen LogP contribution in [0.4, 0.5) is 0 Å². The predicted molar refractivity (Wildman–Crippen MR) is 105 cm³/mol. The summed E-state index contributed by atoms with van der Waals surface area (Å²) in [4.78, 5) is 11.8. The van der Waals surface area contributed by atoms with Gasteiger partial charge in [0, 0.05) is 16.6 Å². The third kappa shape index (κ3) is 5.34. The highest BCUT2D eigenvalue weighted by atomic mass is 35.5. The average Bonchev–Trinajstić information content (AvgIpc) is 3.11. The summed E-state index contributed by atoms with van der Waals surface area (Å²) in [7, 11) is 0. The Morgan fingerprint density at radius 3 is 2.81 bits per heavy atom. The van der Waals surface area contributed by atoms with Gasteiger partial charge in [0.2, 0.25) is 0 Å². The lowest BCUT2D eigenvalue weighted by Gasteiger charge is -2.22. The molecule has 1 amide bonds. The molecule has 1 aromatic carbocycles. The van der Waals surface area contributed by atoms with Gasteiger partial charge >= 0.3 is 0 Å². The van der Waals surface area contributed by atoms with E-state index in [1.165, 1.54) is 25.5 Å². The van der Waals surface area contributed by atoms with Gasteiger partial charge in [0.1, 0.15) is 11.5 Å². The fourth-order valence-corrected chi connectivity index (χ4v) is 3.39. The number of amides is 1. The molecule has 5 nitrogen and oxygen atoms in total. The zero-order chi connectivity index (χ0) is 18.4. The minimum atomic E-state index is -0.170. The number of hydrogen-bond donors (Lipinski definition) is 2. The standard InChI is InChI=1S/C19H21Cl2N3O2/c20-13-6-8-17(21)16(10-13)18-9-7-15(26-18)11-23-24-19(25)12-22-14-4-2-1-3-5-14/h6-11,14,22H,1-5,12H2,(H,24,25)/b23-11-. The van der Waals surface area contributed by atoms with Crippen molar-refractivity contribution >= 4 is 35.3 Å². The van der Waals surface area contributed by atoms with Crippen molar-refractivity contribution in [2.24, 2.45) is 5.10 Å². The molecule has 1 heterocycles. The second-order valence-corrected chi connectivity index (χ2v) is 7.18. The first kappa shape index (κ1) is 19.0. The van der Waals surface area contributed by atoms with Gasteiger partial charge in [0.15, 0.2) is 0 Å². The summed E-state index contributed by atoms with van der Waals surface area (Å²) in [6, 6.07) is 9.15. The number of furan rings is 1. The van der Waals surface area contributed by atoms with Gasteiger partial charge in [0.05, 0.1) is 17.8 Å². The predicted octanol–water partition coefficient (Wildman–Crippen LogP) is 4.63. The molecule has 0 atom stereocenters. The van der Waals surface area contributed by atoms with Gasteiger partial charge in [-0.2, -0.15) is 5.10 Å². The Morgan fingerprint density at radius 2 is 2.00 bits per heavy atom. The largest absolute Gasteiger partial charge is 0.455 e. The van der Waals surface area contributed by atoms with Crippen LogP contribution in [0.2, 0.25) is 10.0 Å². The molecule has 2 N–H and O–H groups in total. The first-order valence-corrected chi connectivity index (χ1v) is 9.48. The second kappa shape index (κ2) is 9.21. The Kier molecular flexibility index (Phi) is 6.72. The minimum absolute atomic E-state index is 0.170. The molecule has 1 aromatic heterocycles. The van der Waals surface area contributed by atoms with E-state index >= 15 is 0 Å². The highest BCUT2D eigenvalue weighted by Crippen LogP contribution is 2.31. The first-order chi connectivity index (χ1) is 12.6. The summed E-state index contributed by atoms with van der Waals surface area (Å²) in [6.45, 7) is 0.267. The summed E-state index contributed by atoms with van der Waals surface area (Å²) >= 11 is 12.2. The van der Waals surface area contributed by atoms with Crippen LogP contribution in [0.25, 0.3) is 11.3 Å². The number of carbonyl (C=O) groups excluding carboxylic acids is 1. The van der Waals surface area contributed by atoms with Crippen LogP contribution in [-0.2, 0) is 4.79 Å². The molecule has 1 saturated carbocycles. The fraction of sp³-hybridized carbons (Fsp3) is 0.368. The first-order valence-electron chi connectivity index (χ1n) is 8.72. The van der Waals surface area contributed by atoms with E-state index in [9.17, 15) is 4.79 Å². The Balaban J connectivity index is 1.50. The van der Waals surface area contributed by atoms with E-state index in [2.05, 4.69) is 15.8 Å². The Morgan fingerprint density at radius 1 is 1.19 bits per heavy atom. The molecule has 138 valence electrons. The van der Waals surface area contributed by atoms with Crippen molar-refractivity contribution in [1.82, 2.24) is 10.7 Å². The molecule has 1 aliphatic rings. The van der Waals surface area contributed by atoms with Crippen LogP contribution in [0, 0.1) is 0 Å². The highest BCUT2D eigenvalue weighted by Gasteiger charge is 2.13. The van der Waals surface area contributed by atoms with Crippen molar-refractivity contribution in [3.63, 3.8) is 0 Å². The van der Waals surface area contributed by atoms with E-state index in [1.54, 1.807) is 30.3 Å². The summed E-state index contributed by atoms with van der Waals surface area (Å²) < 4.78 is 5.68. The quantitative estimate of drug-likeness (QED) is 0.555. The third-order valence-electron chi connectivity index (χ3n) is 4.36. The third-order valence-corrected chi connectivity index (χ3v) is 4.92. The molecule has 0 unspecified atom stereocenters. The molecular weight excluding hydrogens is 373 g/mol. The van der Waals surface area contributed by atoms with E-state index in [1.807, 2.05) is 0 Å². The molecule has 1 fully saturated rings. The minimum Gasteiger partial charge on any atom is -0.455 e. The molecule has 1 aliphatic carbocycles. The Hall–Kier alpha value is -1.82. The van der Waals surface area contributed by atoms with Crippen molar-refractivity contribution in [1.29, 1.82) is 0 Å². The molecule has 0 bridgehead atoms. The molecule has 26 heavy (non-hydrogen) atoms. The molecule has 0 aliphatic heterocycles. The zero-order valence-electron chi connectivity index (χ0n) is 14.3. The van der Waals surface area contributed by atoms with Crippen LogP contribution in [0.5, 0.6) is 0 Å². The van der Waals surface area contributed by atoms with Gasteiger partial charge in [-0.3, -0.25) is 4.79 Å². The Bertz CT molecular complexity index is 783. The molecule has 0 spiro atoms. The highest BCUT2D eigenvalue weighted by molar-refractivity contribution is 6.35. The van der Waals surface area contributed by atoms with Gasteiger partial charge in [-0.1, -0.05) is 42.5 Å². The smallest absolute Gasteiger partial charge is 0.254 e. The van der Waals surface area contributed by atoms with Crippen molar-refractivity contribution in [2.75, 3.05) is 6.54 Å². The molecule has 3 rings (SSSR count). The van der Waals surface area contributed by atoms with Gasteiger partial charge in [0.25, 0.3) is 5.91 Å². The fourth-order valence-electron chi connectivity index (χ4n) is 3.00. The van der Waals surface area contributed by atoms with E-state index in [0.29, 0.717) is 33.2 Å². The second-order valence-electron chi connectivity index (χ2n) is 6.34. The maximum absolute atomic E-state index is 11.8. The Labute approximate surface area is 162 Å². The maximum Gasteiger partial charge on any atom is 0.254 e. The lowest BCUT2D eigenvalue weighted by molar-refractivity contribution is -0.120. The van der Waals surface area contributed by atoms with Crippen LogP contribution in [0.3, 0.4) is 0 Å². The summed E-state index contributed by atoms with van der Waals surface area (Å²) in [5.41, 5.74) is 3.21. The number of nitrogens with zero attached hydrogens (tertiary/aromatic N) is 1. The van der Waals surface area contributed by atoms with Crippen LogP contribution in [0.1, 0.15) is 37.9 Å². The van der Waals surface area contributed by atoms with Crippen molar-refractivity contribution in [3.8, 4) is 11.3 Å². The van der Waals surface area contributed by atoms with Crippen LogP contribution in [-0.4, -0.2) is 24.7 Å². The van der Waals surface area contributed by atoms with Crippen LogP contribution in [0.15, 0.2) is 39.9 Å². The summed E-state index contributed by atoms with van der Waals surface area (Å²) in [5, 5.41) is 8.33. The van der Waals surface area contributed by atoms with Gasteiger partial charge in [-0.25, -0.2) is 5.43 Å². The van der Waals surface area contributed by atoms with Gasteiger partial charge < -0.3 is 9.73 Å². The van der Waals surface area contributed by atoms with Crippen molar-refractivity contribution < 1.29 is 9.21 Å². The van der Waals surface area contributed by atoms with E-state index in [0.717, 1.165) is 12.8 Å². The number of benzene rings is 1. The normalized spacial score (nSPS) is 15.5. The van der Waals surface area contributed by atoms with Crippen molar-refractivity contribution in [3.05, 3.63) is 46.1 Å². The number of nitrogens with one attached hydrogen (secondary N) is 2. The summed E-state index contributed by atoms with van der Waals surface area (Å²) in [6.07, 6.45) is 7.49. The van der Waals surface area contributed by atoms with Crippen LogP contribution < -0.4 is 10.7 Å². The lowest BCUT2D eigenvalue weighted by atomic mass is 9.95. The number of halogens is 2. The SMILES string of the molecule is O=C(CNC1CCCCC1)N/N=C\c1ccc(-c2cc(Cl)ccc2Cl)o1. The molecule has 0 radical (unpaired) electrons. The summed E-state index contributed by atoms with van der Waals surface area (Å²) in [5.74, 6) is 0.928. The van der Waals surface area contributed by atoms with Crippen molar-refractivity contribution in [2.45, 2.75) is 38.1 Å². The van der Waals surface area contributed by atoms with E-state index in [4.69, 9.17) is 27.6 Å². The molecule has 7 heteroatoms. The van der Waals surface area contributed by atoms with Crippen LogP contribution >= 0.6 is 23.2 Å². The lowest BCUT2D eigenvalue weighted by Crippen LogP contribution is -2.38. The number of rotatable bonds is 6. The zero-order valence-corrected chi connectivity index (χ0v) is 15.8. The molecule has 2 aromatic rings. The molecule has 0 saturated heterocycles. The van der Waals surface area contributed by atoms with E-state index in [-0.39, 0.29) is 12.5 Å². The maximum atomic E-state index is 11.8. The number of hydrazone groups is 1. The topological polar surface area (TPSA) is 66.6 Å². The van der Waals surface area contributed by atoms with Gasteiger partial charge in [-0.15, -0.1) is 0 Å². The number of carbonyl (C=O) groups is 1. The monoisotopic (exact) mass is 393 g/mol. The average molecular weight is 394 g/mol. The van der Waals surface area contributed by atoms with Gasteiger partial charge in [-0.05, 0) is 43.2 Å². The van der Waals surface area contributed by atoms with E-state index < -0.39 is 0 Å². The number of hydrogen-bond acceptors (Lipinski definition) is 4.